The standard InChI is InChI=1S/C36H49N5O9S.C32H42N4O8.C3H7NO2S/c1-35(2,3)50-33(45)37-28-14-8-6-4-5-7-13-25-20-36(25,32(44)39-51(47,48)27-15-16-27)38-30(42)29-19-26(22-41(29)31(28)43)49-34(46)40-18-17-23-11-9-10-12-24(23)21-40;1-20(2)43-30(41)33-25-13-7-5-3-4-6-12-23-17-32(23,29(39)40)34-27(37)26-16-24(19-36(26)28(25)38)44-31(42)35-15-14-21-10-8-9-11-22(21)18-35;4-7(5,6)3-1-2-3/h7,9-13,25-29H,4-6,8,14-22H2,1-3H3,(H,37,45)(H,38,42)(H,39,44);6,8-12,20,23-26H,3-5,7,13-19H2,1-2H3,(H,33,41)(H,34,37)(H,39,40);3H,1-2H2,(H2,4,5,6)/b13-7-;12-6-;/t25-,26-,28+,29+,36-;23-,24-,25+,26+,32-;/m11./s1. The molecule has 4 aliphatic carbocycles. The molecular weight excluding hydrogens is 1360 g/mol. The number of rotatable bonds is 10. The molecule has 0 spiro atoms. The predicted molar refractivity (Wildman–Crippen MR) is 370 cm³/mol. The predicted octanol–water partition coefficient (Wildman–Crippen LogP) is 5.62. The topological polar surface area (TPSA) is 395 Å². The molecule has 6 heterocycles. The molecule has 0 aromatic heterocycles. The minimum absolute atomic E-state index is 0.00705. The maximum atomic E-state index is 14.3. The van der Waals surface area contributed by atoms with E-state index in [0.29, 0.717) is 77.5 Å². The molecule has 0 radical (unpaired) electrons. The molecule has 12 rings (SSSR count). The number of hydrogen-bond donors (Lipinski definition) is 7. The second-order valence-electron chi connectivity index (χ2n) is 29.7. The molecule has 0 unspecified atom stereocenters. The molecule has 9 amide bonds. The molecule has 102 heavy (non-hydrogen) atoms. The number of fused-ring (bicyclic) bond motifs is 6. The summed E-state index contributed by atoms with van der Waals surface area (Å²) in [6.07, 6.45) is 13.6. The third-order valence-corrected chi connectivity index (χ3v) is 23.3. The lowest BCUT2D eigenvalue weighted by molar-refractivity contribution is -0.145. The minimum atomic E-state index is -3.89. The number of ether oxygens (including phenoxy) is 4. The van der Waals surface area contributed by atoms with Gasteiger partial charge in [-0.15, -0.1) is 0 Å². The lowest BCUT2D eigenvalue weighted by Crippen LogP contribution is -2.58. The SMILES string of the molecule is CC(C)(C)OC(=O)N[C@H]1CCCCC/C=C\[C@@H]2C[C@@]2(C(=O)NS(=O)(=O)C2CC2)NC(=O)[C@@H]2C[C@@H](OC(=O)N3CCc4ccccc4C3)CN2C1=O.CC(C)OC(=O)N[C@H]1CCCCC/C=C\[C@@H]2C[C@@]2(C(=O)O)NC(=O)[C@@H]2C[C@@H](OC(=O)N3CCc4ccccc4C3)CN2C1=O.NS(=O)(=O)C1CC1. The quantitative estimate of drug-likeness (QED) is 0.112. The van der Waals surface area contributed by atoms with Crippen LogP contribution in [0.1, 0.15) is 172 Å². The maximum absolute atomic E-state index is 14.3. The Balaban J connectivity index is 0.000000202. The largest absolute Gasteiger partial charge is 0.479 e. The first-order valence-electron chi connectivity index (χ1n) is 35.7. The Morgan fingerprint density at radius 3 is 1.48 bits per heavy atom. The van der Waals surface area contributed by atoms with E-state index >= 15 is 0 Å². The number of nitrogens with two attached hydrogens (primary N) is 1. The average molecular weight is 1460 g/mol. The zero-order chi connectivity index (χ0) is 73.5. The molecule has 10 aliphatic rings. The van der Waals surface area contributed by atoms with Crippen molar-refractivity contribution in [3.63, 3.8) is 0 Å². The van der Waals surface area contributed by atoms with Gasteiger partial charge in [-0.05, 0) is 147 Å². The van der Waals surface area contributed by atoms with Gasteiger partial charge in [-0.1, -0.05) is 98.5 Å². The van der Waals surface area contributed by atoms with E-state index < -0.39 is 150 Å². The second-order valence-corrected chi connectivity index (χ2v) is 33.5. The van der Waals surface area contributed by atoms with Crippen LogP contribution in [0.25, 0.3) is 0 Å². The molecule has 2 aromatic rings. The summed E-state index contributed by atoms with van der Waals surface area (Å²) in [5.74, 6) is -5.07. The van der Waals surface area contributed by atoms with E-state index in [1.165, 1.54) is 15.4 Å². The van der Waals surface area contributed by atoms with Crippen LogP contribution in [0.4, 0.5) is 19.2 Å². The Morgan fingerprint density at radius 1 is 0.608 bits per heavy atom. The van der Waals surface area contributed by atoms with Gasteiger partial charge < -0.3 is 64.9 Å². The summed E-state index contributed by atoms with van der Waals surface area (Å²) in [5.41, 5.74) is 0.623. The highest BCUT2D eigenvalue weighted by molar-refractivity contribution is 7.91. The summed E-state index contributed by atoms with van der Waals surface area (Å²) in [5, 5.41) is 24.8. The van der Waals surface area contributed by atoms with E-state index in [0.717, 1.165) is 61.6 Å². The molecule has 0 bridgehead atoms. The van der Waals surface area contributed by atoms with E-state index in [2.05, 4.69) is 26.0 Å². The van der Waals surface area contributed by atoms with Crippen molar-refractivity contribution in [2.75, 3.05) is 26.2 Å². The van der Waals surface area contributed by atoms with Gasteiger partial charge in [-0.25, -0.2) is 45.9 Å². The van der Waals surface area contributed by atoms with Crippen LogP contribution in [0.5, 0.6) is 0 Å². The highest BCUT2D eigenvalue weighted by Crippen LogP contribution is 2.47. The Bertz CT molecular complexity index is 3800. The number of nitrogens with one attached hydrogen (secondary N) is 5. The average Bonchev–Trinajstić information content (AvgIpc) is 1.57. The first kappa shape index (κ1) is 76.3. The summed E-state index contributed by atoms with van der Waals surface area (Å²) in [6, 6.07) is 11.5. The number of primary sulfonamides is 1. The fourth-order valence-corrected chi connectivity index (χ4v) is 16.1. The van der Waals surface area contributed by atoms with E-state index in [1.807, 2.05) is 72.8 Å². The highest BCUT2D eigenvalue weighted by Gasteiger charge is 2.63. The van der Waals surface area contributed by atoms with Crippen molar-refractivity contribution < 1.29 is 88.8 Å². The van der Waals surface area contributed by atoms with Crippen LogP contribution in [0, 0.1) is 11.8 Å². The third kappa shape index (κ3) is 19.7. The summed E-state index contributed by atoms with van der Waals surface area (Å²) in [7, 11) is -7.02. The molecule has 2 aromatic carbocycles. The fourth-order valence-electron chi connectivity index (χ4n) is 14.0. The van der Waals surface area contributed by atoms with Gasteiger partial charge in [0, 0.05) is 50.9 Å². The van der Waals surface area contributed by atoms with E-state index in [-0.39, 0.29) is 56.4 Å². The van der Waals surface area contributed by atoms with Gasteiger partial charge in [0.25, 0.3) is 5.91 Å². The molecule has 558 valence electrons. The van der Waals surface area contributed by atoms with Gasteiger partial charge in [0.15, 0.2) is 0 Å². The lowest BCUT2D eigenvalue weighted by Gasteiger charge is -2.30. The van der Waals surface area contributed by atoms with Crippen LogP contribution >= 0.6 is 0 Å². The number of alkyl carbamates (subject to hydrolysis) is 2. The molecule has 8 N–H and O–H groups in total. The van der Waals surface area contributed by atoms with Gasteiger partial charge in [0.1, 0.15) is 53.1 Å². The Morgan fingerprint density at radius 2 is 1.05 bits per heavy atom. The van der Waals surface area contributed by atoms with Gasteiger partial charge in [-0.3, -0.25) is 28.7 Å². The number of aliphatic carboxylic acids is 1. The number of carboxylic acid groups (broad SMARTS) is 1. The molecule has 2 saturated heterocycles. The number of benzene rings is 2. The number of nitrogens with zero attached hydrogens (tertiary/aromatic N) is 4. The normalized spacial score (nSPS) is 28.9. The number of hydrogen-bond acceptors (Lipinski definition) is 18. The number of carbonyl (C=O) groups is 10. The number of allylic oxidation sites excluding steroid dienone is 2. The number of amides is 9. The monoisotopic (exact) mass is 1460 g/mol. The third-order valence-electron chi connectivity index (χ3n) is 20.1. The molecule has 4 saturated carbocycles. The Hall–Kier alpha value is -8.32. The summed E-state index contributed by atoms with van der Waals surface area (Å²) >= 11 is 0. The van der Waals surface area contributed by atoms with Crippen LogP contribution in [0.2, 0.25) is 0 Å². The first-order chi connectivity index (χ1) is 48.3. The van der Waals surface area contributed by atoms with Crippen LogP contribution in [0.15, 0.2) is 72.8 Å². The fraction of sp³-hybridized carbons (Fsp3) is 0.634. The first-order valence-corrected chi connectivity index (χ1v) is 38.9. The van der Waals surface area contributed by atoms with Crippen molar-refractivity contribution in [2.45, 2.75) is 246 Å². The van der Waals surface area contributed by atoms with Crippen LogP contribution in [-0.2, 0) is 93.7 Å². The molecule has 6 fully saturated rings. The zero-order valence-electron chi connectivity index (χ0n) is 58.6. The van der Waals surface area contributed by atoms with Crippen molar-refractivity contribution in [1.82, 2.24) is 45.6 Å². The van der Waals surface area contributed by atoms with Gasteiger partial charge in [0.2, 0.25) is 43.7 Å². The van der Waals surface area contributed by atoms with Crippen molar-refractivity contribution in [3.05, 3.63) is 95.1 Å². The smallest absolute Gasteiger partial charge is 0.410 e. The molecule has 31 heteroatoms. The summed E-state index contributed by atoms with van der Waals surface area (Å²) < 4.78 is 70.5. The summed E-state index contributed by atoms with van der Waals surface area (Å²) in [6.45, 7) is 10.1. The second kappa shape index (κ2) is 32.1. The van der Waals surface area contributed by atoms with Crippen molar-refractivity contribution in [2.24, 2.45) is 17.0 Å². The van der Waals surface area contributed by atoms with Crippen molar-refractivity contribution in [1.29, 1.82) is 0 Å². The van der Waals surface area contributed by atoms with E-state index in [9.17, 15) is 69.9 Å². The van der Waals surface area contributed by atoms with Crippen LogP contribution in [-0.4, -0.2) is 197 Å². The molecule has 6 aliphatic heterocycles. The Kier molecular flexibility index (Phi) is 24.1. The Labute approximate surface area is 595 Å². The molecular formula is C71H98N10O19S2. The zero-order valence-corrected chi connectivity index (χ0v) is 60.3. The number of carbonyl (C=O) groups excluding carboxylic acids is 9. The summed E-state index contributed by atoms with van der Waals surface area (Å²) in [4.78, 5) is 140. The molecule has 29 nitrogen and oxygen atoms in total. The minimum Gasteiger partial charge on any atom is -0.479 e. The van der Waals surface area contributed by atoms with Gasteiger partial charge in [-0.2, -0.15) is 0 Å². The van der Waals surface area contributed by atoms with E-state index in [1.54, 1.807) is 44.4 Å². The van der Waals surface area contributed by atoms with Crippen molar-refractivity contribution in [3.8, 4) is 0 Å². The van der Waals surface area contributed by atoms with Crippen LogP contribution in [0.3, 0.4) is 0 Å². The maximum Gasteiger partial charge on any atom is 0.410 e. The molecule has 10 atom stereocenters. The lowest BCUT2D eigenvalue weighted by atomic mass is 10.0. The van der Waals surface area contributed by atoms with E-state index in [4.69, 9.17) is 24.1 Å². The number of carboxylic acids is 1. The van der Waals surface area contributed by atoms with Gasteiger partial charge >= 0.3 is 30.3 Å². The van der Waals surface area contributed by atoms with Crippen LogP contribution < -0.4 is 31.1 Å². The van der Waals surface area contributed by atoms with Gasteiger partial charge in [0.05, 0.1) is 29.7 Å². The van der Waals surface area contributed by atoms with Crippen molar-refractivity contribution >= 4 is 79.9 Å². The highest BCUT2D eigenvalue weighted by atomic mass is 32.2. The number of sulfonamides is 2.